The highest BCUT2D eigenvalue weighted by Crippen LogP contribution is 2.52. The van der Waals surface area contributed by atoms with Crippen LogP contribution in [0.3, 0.4) is 0 Å². The summed E-state index contributed by atoms with van der Waals surface area (Å²) in [5.41, 5.74) is 19.4. The van der Waals surface area contributed by atoms with Crippen molar-refractivity contribution >= 4 is 89.4 Å². The Kier molecular flexibility index (Phi) is 10.1. The molecule has 0 aliphatic heterocycles. The van der Waals surface area contributed by atoms with Crippen molar-refractivity contribution in [3.05, 3.63) is 251 Å². The van der Waals surface area contributed by atoms with Crippen LogP contribution in [0.5, 0.6) is 0 Å². The molecule has 0 fully saturated rings. The zero-order valence-corrected chi connectivity index (χ0v) is 40.2. The van der Waals surface area contributed by atoms with Gasteiger partial charge in [0.15, 0.2) is 0 Å². The summed E-state index contributed by atoms with van der Waals surface area (Å²) in [7, 11) is 0. The van der Waals surface area contributed by atoms with Crippen LogP contribution in [0.1, 0.15) is 58.4 Å². The topological polar surface area (TPSA) is 6.48 Å². The van der Waals surface area contributed by atoms with Crippen molar-refractivity contribution in [1.82, 2.24) is 0 Å². The Hall–Kier alpha value is -8.20. The minimum atomic E-state index is -0.212. The van der Waals surface area contributed by atoms with E-state index >= 15 is 0 Å². The van der Waals surface area contributed by atoms with Crippen LogP contribution in [-0.4, -0.2) is 0 Å². The van der Waals surface area contributed by atoms with Gasteiger partial charge in [0.05, 0.1) is 11.4 Å². The Morgan fingerprint density at radius 3 is 1.23 bits per heavy atom. The number of hydrogen-bond acceptors (Lipinski definition) is 2. The molecule has 332 valence electrons. The van der Waals surface area contributed by atoms with Gasteiger partial charge in [0.1, 0.15) is 0 Å². The van der Waals surface area contributed by atoms with Gasteiger partial charge in [0, 0.05) is 38.9 Å². The Balaban J connectivity index is 0.891. The first-order valence-electron chi connectivity index (χ1n) is 24.2. The van der Waals surface area contributed by atoms with Crippen LogP contribution in [0, 0.1) is 27.7 Å². The summed E-state index contributed by atoms with van der Waals surface area (Å²) in [6, 6.07) is 76.8. The maximum atomic E-state index is 2.48. The molecule has 1 aliphatic carbocycles. The molecule has 2 heteroatoms. The van der Waals surface area contributed by atoms with Gasteiger partial charge < -0.3 is 9.80 Å². The second kappa shape index (κ2) is 16.5. The van der Waals surface area contributed by atoms with E-state index in [0.717, 1.165) is 22.6 Å². The molecule has 0 bridgehead atoms. The van der Waals surface area contributed by atoms with Crippen molar-refractivity contribution in [2.75, 3.05) is 9.80 Å². The highest BCUT2D eigenvalue weighted by atomic mass is 15.1. The minimum Gasteiger partial charge on any atom is -0.310 e. The first-order chi connectivity index (χ1) is 33.6. The van der Waals surface area contributed by atoms with Crippen LogP contribution < -0.4 is 9.80 Å². The normalized spacial score (nSPS) is 12.8. The van der Waals surface area contributed by atoms with Gasteiger partial charge in [-0.3, -0.25) is 0 Å². The molecular weight excluding hydrogens is 833 g/mol. The largest absolute Gasteiger partial charge is 0.310 e. The molecule has 0 amide bonds. The number of benzene rings is 11. The van der Waals surface area contributed by atoms with Crippen molar-refractivity contribution in [1.29, 1.82) is 0 Å². The quantitative estimate of drug-likeness (QED) is 0.111. The van der Waals surface area contributed by atoms with E-state index in [4.69, 9.17) is 0 Å². The maximum Gasteiger partial charge on any atom is 0.0546 e. The van der Waals surface area contributed by atoms with Crippen molar-refractivity contribution in [3.8, 4) is 11.1 Å². The average molecular weight is 887 g/mol. The second-order valence-corrected chi connectivity index (χ2v) is 19.8. The molecule has 0 radical (unpaired) electrons. The maximum absolute atomic E-state index is 2.48. The van der Waals surface area contributed by atoms with Crippen LogP contribution >= 0.6 is 0 Å². The van der Waals surface area contributed by atoms with Gasteiger partial charge in [-0.15, -0.1) is 0 Å². The van der Waals surface area contributed by atoms with Crippen molar-refractivity contribution < 1.29 is 0 Å². The van der Waals surface area contributed by atoms with Crippen LogP contribution in [0.25, 0.3) is 66.4 Å². The molecular formula is C67H54N2. The first-order valence-corrected chi connectivity index (χ1v) is 24.2. The third kappa shape index (κ3) is 7.36. The molecule has 69 heavy (non-hydrogen) atoms. The highest BCUT2D eigenvalue weighted by Gasteiger charge is 2.36. The molecule has 0 spiro atoms. The van der Waals surface area contributed by atoms with E-state index in [1.54, 1.807) is 0 Å². The summed E-state index contributed by atoms with van der Waals surface area (Å²) in [6.07, 6.45) is 4.52. The monoisotopic (exact) mass is 886 g/mol. The number of rotatable bonds is 8. The lowest BCUT2D eigenvalue weighted by Crippen LogP contribution is -2.17. The van der Waals surface area contributed by atoms with Gasteiger partial charge in [0.2, 0.25) is 0 Å². The summed E-state index contributed by atoms with van der Waals surface area (Å²) in [6.45, 7) is 13.6. The van der Waals surface area contributed by atoms with Crippen molar-refractivity contribution in [2.24, 2.45) is 0 Å². The fourth-order valence-corrected chi connectivity index (χ4v) is 11.4. The Bertz CT molecular complexity index is 3830. The predicted molar refractivity (Wildman–Crippen MR) is 298 cm³/mol. The number of hydrogen-bond donors (Lipinski definition) is 0. The van der Waals surface area contributed by atoms with Gasteiger partial charge in [-0.2, -0.15) is 0 Å². The summed E-state index contributed by atoms with van der Waals surface area (Å²) < 4.78 is 0. The van der Waals surface area contributed by atoms with Crippen molar-refractivity contribution in [3.63, 3.8) is 0 Å². The average Bonchev–Trinajstić information content (AvgIpc) is 3.57. The van der Waals surface area contributed by atoms with E-state index in [1.807, 2.05) is 0 Å². The highest BCUT2D eigenvalue weighted by molar-refractivity contribution is 6.16. The fraction of sp³-hybridized carbons (Fsp3) is 0.104. The third-order valence-electron chi connectivity index (χ3n) is 14.5. The van der Waals surface area contributed by atoms with E-state index < -0.39 is 0 Å². The Labute approximate surface area is 406 Å². The first kappa shape index (κ1) is 42.2. The molecule has 0 heterocycles. The van der Waals surface area contributed by atoms with Gasteiger partial charge >= 0.3 is 0 Å². The molecule has 0 atom stereocenters. The minimum absolute atomic E-state index is 0.212. The van der Waals surface area contributed by atoms with E-state index in [0.29, 0.717) is 0 Å². The predicted octanol–water partition coefficient (Wildman–Crippen LogP) is 18.9. The van der Waals surface area contributed by atoms with Gasteiger partial charge in [-0.05, 0) is 176 Å². The molecule has 0 N–H and O–H groups in total. The van der Waals surface area contributed by atoms with Gasteiger partial charge in [0.25, 0.3) is 0 Å². The lowest BCUT2D eigenvalue weighted by atomic mass is 9.81. The van der Waals surface area contributed by atoms with Crippen molar-refractivity contribution in [2.45, 2.75) is 47.0 Å². The van der Waals surface area contributed by atoms with Gasteiger partial charge in [-0.25, -0.2) is 0 Å². The molecule has 0 saturated carbocycles. The number of anilines is 6. The molecule has 2 nitrogen and oxygen atoms in total. The van der Waals surface area contributed by atoms with E-state index in [-0.39, 0.29) is 5.41 Å². The molecule has 0 unspecified atom stereocenters. The Morgan fingerprint density at radius 2 is 0.710 bits per heavy atom. The van der Waals surface area contributed by atoms with E-state index in [9.17, 15) is 0 Å². The second-order valence-electron chi connectivity index (χ2n) is 19.8. The van der Waals surface area contributed by atoms with Crippen LogP contribution in [0.2, 0.25) is 0 Å². The molecule has 12 rings (SSSR count). The zero-order chi connectivity index (χ0) is 47.0. The van der Waals surface area contributed by atoms with Crippen LogP contribution in [-0.2, 0) is 5.41 Å². The number of fused-ring (bicyclic) bond motifs is 9. The lowest BCUT2D eigenvalue weighted by molar-refractivity contribution is 0.660. The fourth-order valence-electron chi connectivity index (χ4n) is 11.4. The zero-order valence-electron chi connectivity index (χ0n) is 40.2. The Morgan fingerprint density at radius 1 is 0.319 bits per heavy atom. The van der Waals surface area contributed by atoms with Crippen LogP contribution in [0.4, 0.5) is 34.1 Å². The number of nitrogens with zero attached hydrogens (tertiary/aromatic N) is 2. The SMILES string of the molecule is Cc1cc(C)cc(N(c2ccc(C=Cc3ccc4c(c3)C(C)(C)c3cc(N(c5cc(C)cc(C)c5)c5cc6ccccc6c6ccccc56)ccc3-4)cc2)c2cc3ccccc3c3ccccc23)c1. The molecule has 0 aromatic heterocycles. The summed E-state index contributed by atoms with van der Waals surface area (Å²) >= 11 is 0. The molecule has 11 aromatic carbocycles. The smallest absolute Gasteiger partial charge is 0.0546 e. The lowest BCUT2D eigenvalue weighted by Gasteiger charge is -2.30. The molecule has 11 aromatic rings. The summed E-state index contributed by atoms with van der Waals surface area (Å²) in [5, 5.41) is 10.0. The third-order valence-corrected chi connectivity index (χ3v) is 14.5. The standard InChI is InChI=1S/C67H54N2/c1-43-33-44(2)36-53(35-43)68(65-40-49-15-7-9-17-55(49)57-19-11-13-21-61(57)65)51-28-25-47(26-29-51)23-24-48-27-31-59-60-32-30-52(42-64(60)67(5,6)63(59)39-48)69(54-37-45(3)34-46(4)38-54)66-41-50-16-8-10-18-56(50)58-20-12-14-22-62(58)66/h7-42H,1-6H3. The molecule has 1 aliphatic rings. The van der Waals surface area contributed by atoms with E-state index in [2.05, 4.69) is 270 Å². The number of aryl methyl sites for hydroxylation is 4. The van der Waals surface area contributed by atoms with E-state index in [1.165, 1.54) is 110 Å². The summed E-state index contributed by atoms with van der Waals surface area (Å²) in [4.78, 5) is 4.91. The summed E-state index contributed by atoms with van der Waals surface area (Å²) in [5.74, 6) is 0. The molecule has 0 saturated heterocycles. The van der Waals surface area contributed by atoms with Crippen LogP contribution in [0.15, 0.2) is 206 Å². The van der Waals surface area contributed by atoms with Gasteiger partial charge in [-0.1, -0.05) is 172 Å².